The Kier molecular flexibility index (Phi) is 3.30. The summed E-state index contributed by atoms with van der Waals surface area (Å²) in [6.07, 6.45) is 2.27. The monoisotopic (exact) mass is 290 g/mol. The van der Waals surface area contributed by atoms with Crippen LogP contribution in [0.15, 0.2) is 35.3 Å². The molecule has 1 aliphatic heterocycles. The number of benzene rings is 1. The molecule has 1 aromatic carbocycles. The first-order valence-electron chi connectivity index (χ1n) is 5.28. The van der Waals surface area contributed by atoms with Crippen molar-refractivity contribution in [2.75, 3.05) is 11.4 Å². The Morgan fingerprint density at radius 3 is 2.94 bits per heavy atom. The van der Waals surface area contributed by atoms with Crippen molar-refractivity contribution in [1.29, 1.82) is 5.26 Å². The Hall–Kier alpha value is -1.60. The maximum atomic E-state index is 11.9. The highest BCUT2D eigenvalue weighted by atomic mass is 79.9. The van der Waals surface area contributed by atoms with Gasteiger partial charge in [-0.05, 0) is 18.2 Å². The molecule has 1 heterocycles. The molecular weight excluding hydrogens is 280 g/mol. The third kappa shape index (κ3) is 2.25. The molecule has 0 spiro atoms. The first kappa shape index (κ1) is 11.9. The third-order valence-electron chi connectivity index (χ3n) is 2.86. The molecule has 1 aromatic rings. The lowest BCUT2D eigenvalue weighted by Gasteiger charge is -2.17. The summed E-state index contributed by atoms with van der Waals surface area (Å²) in [5.74, 6) is 0.228. The summed E-state index contributed by atoms with van der Waals surface area (Å²) < 4.78 is 0.838. The van der Waals surface area contributed by atoms with Crippen LogP contribution in [0, 0.1) is 17.2 Å². The van der Waals surface area contributed by atoms with Gasteiger partial charge in [0.15, 0.2) is 0 Å². The summed E-state index contributed by atoms with van der Waals surface area (Å²) in [4.78, 5) is 13.5. The lowest BCUT2D eigenvalue weighted by Crippen LogP contribution is -2.25. The summed E-state index contributed by atoms with van der Waals surface area (Å²) in [6.45, 7) is 4.32. The van der Waals surface area contributed by atoms with E-state index in [0.717, 1.165) is 4.47 Å². The Balaban J connectivity index is 2.38. The van der Waals surface area contributed by atoms with Crippen LogP contribution in [0.1, 0.15) is 12.0 Å². The second-order valence-corrected chi connectivity index (χ2v) is 4.89. The van der Waals surface area contributed by atoms with Crippen molar-refractivity contribution in [3.63, 3.8) is 0 Å². The van der Waals surface area contributed by atoms with Crippen LogP contribution in [0.2, 0.25) is 0 Å². The summed E-state index contributed by atoms with van der Waals surface area (Å²) >= 11 is 3.32. The fraction of sp³-hybridized carbons (Fsp3) is 0.231. The van der Waals surface area contributed by atoms with Crippen LogP contribution >= 0.6 is 15.9 Å². The number of anilines is 1. The normalized spacial score (nSPS) is 19.2. The summed E-state index contributed by atoms with van der Waals surface area (Å²) in [7, 11) is 0. The molecule has 1 atom stereocenters. The lowest BCUT2D eigenvalue weighted by molar-refractivity contribution is -0.117. The molecule has 0 bridgehead atoms. The number of carbonyl (C=O) groups excluding carboxylic acids is 1. The molecule has 86 valence electrons. The van der Waals surface area contributed by atoms with Crippen molar-refractivity contribution >= 4 is 27.5 Å². The molecular formula is C13H11BrN2O. The highest BCUT2D eigenvalue weighted by molar-refractivity contribution is 9.10. The van der Waals surface area contributed by atoms with E-state index in [1.807, 2.05) is 6.07 Å². The highest BCUT2D eigenvalue weighted by Gasteiger charge is 2.29. The average molecular weight is 291 g/mol. The van der Waals surface area contributed by atoms with Gasteiger partial charge in [-0.25, -0.2) is 0 Å². The van der Waals surface area contributed by atoms with Gasteiger partial charge in [0, 0.05) is 23.4 Å². The minimum atomic E-state index is 0.0497. The molecule has 0 radical (unpaired) electrons. The molecule has 1 unspecified atom stereocenters. The van der Waals surface area contributed by atoms with Gasteiger partial charge < -0.3 is 4.90 Å². The topological polar surface area (TPSA) is 44.1 Å². The minimum absolute atomic E-state index is 0.0497. The molecule has 3 nitrogen and oxygen atoms in total. The average Bonchev–Trinajstić information content (AvgIpc) is 2.70. The maximum Gasteiger partial charge on any atom is 0.227 e. The second-order valence-electron chi connectivity index (χ2n) is 3.98. The van der Waals surface area contributed by atoms with Gasteiger partial charge in [-0.1, -0.05) is 22.0 Å². The molecule has 1 amide bonds. The van der Waals surface area contributed by atoms with E-state index in [9.17, 15) is 4.79 Å². The molecule has 0 saturated carbocycles. The maximum absolute atomic E-state index is 11.9. The van der Waals surface area contributed by atoms with E-state index in [1.54, 1.807) is 23.1 Å². The fourth-order valence-corrected chi connectivity index (χ4v) is 2.32. The molecule has 1 fully saturated rings. The Labute approximate surface area is 108 Å². The van der Waals surface area contributed by atoms with E-state index in [1.165, 1.54) is 0 Å². The van der Waals surface area contributed by atoms with Gasteiger partial charge in [0.2, 0.25) is 5.91 Å². The number of nitriles is 1. The van der Waals surface area contributed by atoms with Gasteiger partial charge in [-0.2, -0.15) is 5.26 Å². The van der Waals surface area contributed by atoms with E-state index < -0.39 is 0 Å². The molecule has 4 heteroatoms. The number of carbonyl (C=O) groups is 1. The Bertz CT molecular complexity index is 519. The zero-order chi connectivity index (χ0) is 12.4. The van der Waals surface area contributed by atoms with Gasteiger partial charge in [0.1, 0.15) is 6.07 Å². The molecule has 1 saturated heterocycles. The van der Waals surface area contributed by atoms with Crippen molar-refractivity contribution in [3.8, 4) is 6.07 Å². The van der Waals surface area contributed by atoms with Crippen LogP contribution in [-0.4, -0.2) is 12.5 Å². The van der Waals surface area contributed by atoms with Crippen LogP contribution in [0.5, 0.6) is 0 Å². The van der Waals surface area contributed by atoms with Gasteiger partial charge in [0.05, 0.1) is 11.3 Å². The summed E-state index contributed by atoms with van der Waals surface area (Å²) in [6, 6.07) is 7.48. The summed E-state index contributed by atoms with van der Waals surface area (Å²) in [5.41, 5.74) is 1.20. The molecule has 2 rings (SSSR count). The van der Waals surface area contributed by atoms with E-state index in [0.29, 0.717) is 24.2 Å². The van der Waals surface area contributed by atoms with Gasteiger partial charge in [0.25, 0.3) is 0 Å². The number of hydrogen-bond acceptors (Lipinski definition) is 2. The first-order valence-corrected chi connectivity index (χ1v) is 6.07. The Morgan fingerprint density at radius 1 is 1.59 bits per heavy atom. The number of nitrogens with zero attached hydrogens (tertiary/aromatic N) is 2. The molecule has 17 heavy (non-hydrogen) atoms. The summed E-state index contributed by atoms with van der Waals surface area (Å²) in [5, 5.41) is 9.08. The van der Waals surface area contributed by atoms with E-state index in [2.05, 4.69) is 28.6 Å². The highest BCUT2D eigenvalue weighted by Crippen LogP contribution is 2.29. The van der Waals surface area contributed by atoms with Crippen molar-refractivity contribution in [3.05, 3.63) is 40.9 Å². The SMILES string of the molecule is C=CC1CC(=O)N(c2ccc(Br)cc2C#N)C1. The predicted molar refractivity (Wildman–Crippen MR) is 69.5 cm³/mol. The molecule has 1 aliphatic rings. The fourth-order valence-electron chi connectivity index (χ4n) is 1.96. The smallest absolute Gasteiger partial charge is 0.227 e. The second kappa shape index (κ2) is 4.72. The largest absolute Gasteiger partial charge is 0.310 e. The predicted octanol–water partition coefficient (Wildman–Crippen LogP) is 2.86. The zero-order valence-electron chi connectivity index (χ0n) is 9.19. The van der Waals surface area contributed by atoms with Gasteiger partial charge >= 0.3 is 0 Å². The van der Waals surface area contributed by atoms with Crippen molar-refractivity contribution in [2.24, 2.45) is 5.92 Å². The van der Waals surface area contributed by atoms with Gasteiger partial charge in [-0.3, -0.25) is 4.79 Å². The van der Waals surface area contributed by atoms with Crippen molar-refractivity contribution < 1.29 is 4.79 Å². The van der Waals surface area contributed by atoms with E-state index >= 15 is 0 Å². The van der Waals surface area contributed by atoms with Gasteiger partial charge in [-0.15, -0.1) is 6.58 Å². The van der Waals surface area contributed by atoms with Crippen LogP contribution in [0.25, 0.3) is 0 Å². The van der Waals surface area contributed by atoms with E-state index in [-0.39, 0.29) is 11.8 Å². The van der Waals surface area contributed by atoms with Crippen molar-refractivity contribution in [2.45, 2.75) is 6.42 Å². The number of amides is 1. The Morgan fingerprint density at radius 2 is 2.35 bits per heavy atom. The standard InChI is InChI=1S/C13H11BrN2O/c1-2-9-5-13(17)16(8-9)12-4-3-11(14)6-10(12)7-15/h2-4,6,9H,1,5,8H2. The van der Waals surface area contributed by atoms with Crippen molar-refractivity contribution in [1.82, 2.24) is 0 Å². The van der Waals surface area contributed by atoms with E-state index in [4.69, 9.17) is 5.26 Å². The number of rotatable bonds is 2. The first-order chi connectivity index (χ1) is 8.15. The minimum Gasteiger partial charge on any atom is -0.310 e. The van der Waals surface area contributed by atoms with Crippen LogP contribution < -0.4 is 4.90 Å². The van der Waals surface area contributed by atoms with Crippen LogP contribution in [-0.2, 0) is 4.79 Å². The van der Waals surface area contributed by atoms with Crippen LogP contribution in [0.3, 0.4) is 0 Å². The molecule has 0 N–H and O–H groups in total. The number of hydrogen-bond donors (Lipinski definition) is 0. The zero-order valence-corrected chi connectivity index (χ0v) is 10.8. The molecule has 0 aromatic heterocycles. The third-order valence-corrected chi connectivity index (χ3v) is 3.35. The number of halogens is 1. The lowest BCUT2D eigenvalue weighted by atomic mass is 10.1. The molecule has 0 aliphatic carbocycles. The quantitative estimate of drug-likeness (QED) is 0.786. The van der Waals surface area contributed by atoms with Crippen LogP contribution in [0.4, 0.5) is 5.69 Å².